The molecule has 21 heavy (non-hydrogen) atoms. The summed E-state index contributed by atoms with van der Waals surface area (Å²) >= 11 is 0. The van der Waals surface area contributed by atoms with Gasteiger partial charge in [0, 0.05) is 11.8 Å². The van der Waals surface area contributed by atoms with Crippen molar-refractivity contribution in [1.29, 1.82) is 5.26 Å². The highest BCUT2D eigenvalue weighted by Crippen LogP contribution is 2.36. The van der Waals surface area contributed by atoms with Crippen molar-refractivity contribution in [2.75, 3.05) is 0 Å². The Labute approximate surface area is 121 Å². The third-order valence-corrected chi connectivity index (χ3v) is 3.12. The van der Waals surface area contributed by atoms with Crippen LogP contribution in [0.3, 0.4) is 0 Å². The maximum Gasteiger partial charge on any atom is 0.247 e. The molecule has 0 unspecified atom stereocenters. The van der Waals surface area contributed by atoms with E-state index >= 15 is 0 Å². The van der Waals surface area contributed by atoms with Gasteiger partial charge < -0.3 is 14.3 Å². The molecular formula is C16H12N2O3. The van der Waals surface area contributed by atoms with Crippen LogP contribution in [0.1, 0.15) is 16.9 Å². The number of hydrogen-bond donors (Lipinski definition) is 1. The number of pyridine rings is 1. The number of rotatable bonds is 3. The number of aliphatic hydroxyl groups is 1. The van der Waals surface area contributed by atoms with E-state index in [1.165, 1.54) is 6.20 Å². The molecule has 1 N–H and O–H groups in total. The van der Waals surface area contributed by atoms with Crippen LogP contribution in [0, 0.1) is 18.3 Å². The van der Waals surface area contributed by atoms with E-state index in [4.69, 9.17) is 14.3 Å². The highest BCUT2D eigenvalue weighted by Gasteiger charge is 2.17. The summed E-state index contributed by atoms with van der Waals surface area (Å²) in [6, 6.07) is 11.1. The topological polar surface area (TPSA) is 79.3 Å². The maximum absolute atomic E-state index is 9.17. The van der Waals surface area contributed by atoms with Crippen LogP contribution in [0.5, 0.6) is 11.6 Å². The third kappa shape index (κ3) is 2.33. The fourth-order valence-electron chi connectivity index (χ4n) is 2.11. The van der Waals surface area contributed by atoms with Gasteiger partial charge in [-0.1, -0.05) is 12.1 Å². The fourth-order valence-corrected chi connectivity index (χ4v) is 2.11. The van der Waals surface area contributed by atoms with E-state index in [0.29, 0.717) is 22.8 Å². The molecule has 0 aliphatic carbocycles. The molecule has 0 radical (unpaired) electrons. The fraction of sp³-hybridized carbons (Fsp3) is 0.125. The minimum atomic E-state index is -0.0772. The SMILES string of the molecule is Cc1cc(CO)cnc1Oc1c(C#N)oc2ccccc12. The summed E-state index contributed by atoms with van der Waals surface area (Å²) in [6.45, 7) is 1.75. The van der Waals surface area contributed by atoms with Gasteiger partial charge in [-0.05, 0) is 30.7 Å². The molecule has 0 aliphatic heterocycles. The van der Waals surface area contributed by atoms with Crippen LogP contribution in [-0.2, 0) is 6.61 Å². The van der Waals surface area contributed by atoms with Crippen molar-refractivity contribution < 1.29 is 14.3 Å². The summed E-state index contributed by atoms with van der Waals surface area (Å²) in [7, 11) is 0. The number of aryl methyl sites for hydroxylation is 1. The standard InChI is InChI=1S/C16H12N2O3/c1-10-6-11(9-19)8-18-16(10)21-15-12-4-2-3-5-13(12)20-14(15)7-17/h2-6,8,19H,9H2,1H3. The molecule has 0 amide bonds. The van der Waals surface area contributed by atoms with Crippen molar-refractivity contribution in [1.82, 2.24) is 4.98 Å². The van der Waals surface area contributed by atoms with E-state index in [-0.39, 0.29) is 12.4 Å². The quantitative estimate of drug-likeness (QED) is 0.796. The van der Waals surface area contributed by atoms with Crippen LogP contribution in [0.15, 0.2) is 40.9 Å². The van der Waals surface area contributed by atoms with E-state index in [2.05, 4.69) is 4.98 Å². The average molecular weight is 280 g/mol. The van der Waals surface area contributed by atoms with Crippen LogP contribution in [0.4, 0.5) is 0 Å². The lowest BCUT2D eigenvalue weighted by Crippen LogP contribution is -1.94. The van der Waals surface area contributed by atoms with Crippen molar-refractivity contribution in [3.05, 3.63) is 53.4 Å². The van der Waals surface area contributed by atoms with Gasteiger partial charge in [-0.2, -0.15) is 5.26 Å². The van der Waals surface area contributed by atoms with E-state index < -0.39 is 0 Å². The zero-order valence-corrected chi connectivity index (χ0v) is 11.3. The molecule has 3 aromatic rings. The molecule has 0 aliphatic rings. The molecule has 0 spiro atoms. The van der Waals surface area contributed by atoms with Crippen molar-refractivity contribution in [3.63, 3.8) is 0 Å². The Kier molecular flexibility index (Phi) is 3.30. The van der Waals surface area contributed by atoms with E-state index in [9.17, 15) is 5.26 Å². The van der Waals surface area contributed by atoms with E-state index in [1.807, 2.05) is 31.2 Å². The van der Waals surface area contributed by atoms with Crippen molar-refractivity contribution in [2.45, 2.75) is 13.5 Å². The van der Waals surface area contributed by atoms with Gasteiger partial charge in [0.2, 0.25) is 11.6 Å². The number of furan rings is 1. The van der Waals surface area contributed by atoms with Crippen LogP contribution in [-0.4, -0.2) is 10.1 Å². The van der Waals surface area contributed by atoms with Crippen molar-refractivity contribution in [2.24, 2.45) is 0 Å². The lowest BCUT2D eigenvalue weighted by Gasteiger charge is -2.07. The summed E-state index contributed by atoms with van der Waals surface area (Å²) in [4.78, 5) is 4.17. The lowest BCUT2D eigenvalue weighted by molar-refractivity contribution is 0.281. The number of ether oxygens (including phenoxy) is 1. The minimum absolute atomic E-state index is 0.0772. The Balaban J connectivity index is 2.08. The molecule has 0 saturated carbocycles. The molecule has 0 fully saturated rings. The van der Waals surface area contributed by atoms with Gasteiger partial charge in [-0.3, -0.25) is 0 Å². The normalized spacial score (nSPS) is 10.5. The van der Waals surface area contributed by atoms with Gasteiger partial charge >= 0.3 is 0 Å². The molecule has 2 heterocycles. The largest absolute Gasteiger partial charge is 0.442 e. The number of benzene rings is 1. The summed E-state index contributed by atoms with van der Waals surface area (Å²) in [5.41, 5.74) is 2.07. The third-order valence-electron chi connectivity index (χ3n) is 3.12. The first-order valence-corrected chi connectivity index (χ1v) is 6.39. The first-order chi connectivity index (χ1) is 10.2. The molecule has 0 saturated heterocycles. The number of nitrogens with zero attached hydrogens (tertiary/aromatic N) is 2. The Bertz CT molecular complexity index is 846. The second kappa shape index (κ2) is 5.27. The smallest absolute Gasteiger partial charge is 0.247 e. The number of aromatic nitrogens is 1. The van der Waals surface area contributed by atoms with Gasteiger partial charge in [0.15, 0.2) is 5.75 Å². The maximum atomic E-state index is 9.17. The number of nitriles is 1. The first-order valence-electron chi connectivity index (χ1n) is 6.39. The Morgan fingerprint density at radius 2 is 2.19 bits per heavy atom. The highest BCUT2D eigenvalue weighted by molar-refractivity contribution is 5.86. The van der Waals surface area contributed by atoms with Crippen LogP contribution >= 0.6 is 0 Å². The molecule has 0 atom stereocenters. The molecule has 104 valence electrons. The predicted molar refractivity (Wildman–Crippen MR) is 75.9 cm³/mol. The zero-order valence-electron chi connectivity index (χ0n) is 11.3. The second-order valence-electron chi connectivity index (χ2n) is 4.59. The molecule has 5 nitrogen and oxygen atoms in total. The number of fused-ring (bicyclic) bond motifs is 1. The van der Waals surface area contributed by atoms with E-state index in [0.717, 1.165) is 10.9 Å². The summed E-state index contributed by atoms with van der Waals surface area (Å²) in [6.07, 6.45) is 1.54. The average Bonchev–Trinajstić information content (AvgIpc) is 2.87. The molecule has 0 bridgehead atoms. The second-order valence-corrected chi connectivity index (χ2v) is 4.59. The highest BCUT2D eigenvalue weighted by atomic mass is 16.5. The zero-order chi connectivity index (χ0) is 14.8. The van der Waals surface area contributed by atoms with Crippen molar-refractivity contribution >= 4 is 11.0 Å². The van der Waals surface area contributed by atoms with E-state index in [1.54, 1.807) is 12.1 Å². The van der Waals surface area contributed by atoms with Crippen molar-refractivity contribution in [3.8, 4) is 17.7 Å². The van der Waals surface area contributed by atoms with Gasteiger partial charge in [0.05, 0.1) is 12.0 Å². The Morgan fingerprint density at radius 1 is 1.38 bits per heavy atom. The lowest BCUT2D eigenvalue weighted by atomic mass is 10.2. The van der Waals surface area contributed by atoms with Gasteiger partial charge in [0.1, 0.15) is 11.7 Å². The molecular weight excluding hydrogens is 268 g/mol. The van der Waals surface area contributed by atoms with Crippen LogP contribution in [0.25, 0.3) is 11.0 Å². The van der Waals surface area contributed by atoms with Gasteiger partial charge in [-0.25, -0.2) is 4.98 Å². The summed E-state index contributed by atoms with van der Waals surface area (Å²) in [5.74, 6) is 0.860. The minimum Gasteiger partial charge on any atom is -0.442 e. The molecule has 5 heteroatoms. The summed E-state index contributed by atoms with van der Waals surface area (Å²) < 4.78 is 11.2. The molecule has 2 aromatic heterocycles. The van der Waals surface area contributed by atoms with Gasteiger partial charge in [0.25, 0.3) is 0 Å². The van der Waals surface area contributed by atoms with Gasteiger partial charge in [-0.15, -0.1) is 0 Å². The number of para-hydroxylation sites is 1. The van der Waals surface area contributed by atoms with Crippen LogP contribution < -0.4 is 4.74 Å². The Hall–Kier alpha value is -2.84. The Morgan fingerprint density at radius 3 is 2.90 bits per heavy atom. The molecule has 3 rings (SSSR count). The molecule has 1 aromatic carbocycles. The monoisotopic (exact) mass is 280 g/mol. The number of hydrogen-bond acceptors (Lipinski definition) is 5. The van der Waals surface area contributed by atoms with Crippen LogP contribution in [0.2, 0.25) is 0 Å². The predicted octanol–water partition coefficient (Wildman–Crippen LogP) is 3.29. The first kappa shape index (κ1) is 13.2. The summed E-state index contributed by atoms with van der Waals surface area (Å²) in [5, 5.41) is 19.0. The number of aliphatic hydroxyl groups excluding tert-OH is 1.